The lowest BCUT2D eigenvalue weighted by Crippen LogP contribution is -2.42. The third kappa shape index (κ3) is 3.20. The fraction of sp³-hybridized carbons (Fsp3) is 0.875. The van der Waals surface area contributed by atoms with Gasteiger partial charge in [-0.2, -0.15) is 0 Å². The Morgan fingerprint density at radius 1 is 1.62 bits per heavy atom. The van der Waals surface area contributed by atoms with Crippen LogP contribution < -0.4 is 16.6 Å². The molecule has 1 rings (SSSR count). The average Bonchev–Trinajstić information content (AvgIpc) is 2.92. The first-order valence-corrected chi connectivity index (χ1v) is 4.46. The number of amides is 2. The van der Waals surface area contributed by atoms with Crippen LogP contribution in [-0.2, 0) is 4.74 Å². The second kappa shape index (κ2) is 4.43. The van der Waals surface area contributed by atoms with Crippen molar-refractivity contribution in [2.24, 2.45) is 11.3 Å². The third-order valence-corrected chi connectivity index (χ3v) is 2.55. The number of carbonyl (C=O) groups is 1. The Hall–Kier alpha value is -0.810. The lowest BCUT2D eigenvalue weighted by atomic mass is 10.0. The zero-order valence-electron chi connectivity index (χ0n) is 7.93. The SMILES string of the molecule is COCCC1(CNC(=O)NN)CC1. The zero-order valence-corrected chi connectivity index (χ0v) is 7.93. The molecular weight excluding hydrogens is 170 g/mol. The first-order valence-electron chi connectivity index (χ1n) is 4.46. The summed E-state index contributed by atoms with van der Waals surface area (Å²) in [5.74, 6) is 4.94. The molecule has 5 heteroatoms. The van der Waals surface area contributed by atoms with Crippen LogP contribution in [0.25, 0.3) is 0 Å². The molecule has 1 saturated carbocycles. The molecular formula is C8H17N3O2. The molecule has 5 nitrogen and oxygen atoms in total. The van der Waals surface area contributed by atoms with Crippen molar-refractivity contribution in [2.75, 3.05) is 20.3 Å². The van der Waals surface area contributed by atoms with Crippen molar-refractivity contribution in [3.63, 3.8) is 0 Å². The molecule has 0 aliphatic heterocycles. The van der Waals surface area contributed by atoms with Gasteiger partial charge in [-0.15, -0.1) is 0 Å². The molecule has 0 aromatic carbocycles. The van der Waals surface area contributed by atoms with Crippen LogP contribution >= 0.6 is 0 Å². The van der Waals surface area contributed by atoms with Gasteiger partial charge in [0.15, 0.2) is 0 Å². The van der Waals surface area contributed by atoms with Gasteiger partial charge < -0.3 is 10.1 Å². The maximum atomic E-state index is 10.8. The summed E-state index contributed by atoms with van der Waals surface area (Å²) in [5, 5.41) is 2.71. The molecule has 0 unspecified atom stereocenters. The number of nitrogens with two attached hydrogens (primary N) is 1. The molecule has 0 saturated heterocycles. The maximum absolute atomic E-state index is 10.8. The minimum absolute atomic E-state index is 0.280. The Labute approximate surface area is 78.0 Å². The highest BCUT2D eigenvalue weighted by molar-refractivity contribution is 5.73. The minimum Gasteiger partial charge on any atom is -0.385 e. The normalized spacial score (nSPS) is 18.0. The molecule has 2 amide bonds. The fourth-order valence-corrected chi connectivity index (χ4v) is 1.33. The van der Waals surface area contributed by atoms with Crippen molar-refractivity contribution in [1.82, 2.24) is 10.7 Å². The summed E-state index contributed by atoms with van der Waals surface area (Å²) in [6.45, 7) is 1.45. The van der Waals surface area contributed by atoms with Gasteiger partial charge in [-0.05, 0) is 24.7 Å². The highest BCUT2D eigenvalue weighted by Gasteiger charge is 2.41. The van der Waals surface area contributed by atoms with Crippen molar-refractivity contribution >= 4 is 6.03 Å². The van der Waals surface area contributed by atoms with Crippen molar-refractivity contribution in [1.29, 1.82) is 0 Å². The topological polar surface area (TPSA) is 76.4 Å². The van der Waals surface area contributed by atoms with Gasteiger partial charge in [0, 0.05) is 20.3 Å². The highest BCUT2D eigenvalue weighted by atomic mass is 16.5. The van der Waals surface area contributed by atoms with Gasteiger partial charge in [-0.1, -0.05) is 0 Å². The Morgan fingerprint density at radius 3 is 2.77 bits per heavy atom. The molecule has 0 aromatic heterocycles. The number of urea groups is 1. The molecule has 0 radical (unpaired) electrons. The van der Waals surface area contributed by atoms with E-state index in [9.17, 15) is 4.79 Å². The molecule has 0 spiro atoms. The second-order valence-corrected chi connectivity index (χ2v) is 3.57. The number of carbonyl (C=O) groups excluding carboxylic acids is 1. The number of rotatable bonds is 5. The first kappa shape index (κ1) is 10.3. The lowest BCUT2D eigenvalue weighted by Gasteiger charge is -2.14. The van der Waals surface area contributed by atoms with Crippen LogP contribution in [-0.4, -0.2) is 26.3 Å². The Balaban J connectivity index is 2.16. The number of methoxy groups -OCH3 is 1. The average molecular weight is 187 g/mol. The lowest BCUT2D eigenvalue weighted by molar-refractivity contribution is 0.171. The molecule has 1 aliphatic rings. The smallest absolute Gasteiger partial charge is 0.328 e. The van der Waals surface area contributed by atoms with E-state index >= 15 is 0 Å². The number of nitrogens with one attached hydrogen (secondary N) is 2. The first-order chi connectivity index (χ1) is 6.22. The summed E-state index contributed by atoms with van der Waals surface area (Å²) >= 11 is 0. The molecule has 0 aromatic rings. The predicted octanol–water partition coefficient (Wildman–Crippen LogP) is -0.0240. The van der Waals surface area contributed by atoms with Gasteiger partial charge in [0.25, 0.3) is 0 Å². The predicted molar refractivity (Wildman–Crippen MR) is 48.9 cm³/mol. The summed E-state index contributed by atoms with van der Waals surface area (Å²) in [5.41, 5.74) is 2.32. The van der Waals surface area contributed by atoms with E-state index in [0.29, 0.717) is 6.54 Å². The summed E-state index contributed by atoms with van der Waals surface area (Å²) in [4.78, 5) is 10.8. The van der Waals surface area contributed by atoms with E-state index in [1.807, 2.05) is 5.43 Å². The summed E-state index contributed by atoms with van der Waals surface area (Å²) in [6.07, 6.45) is 3.34. The van der Waals surface area contributed by atoms with Crippen molar-refractivity contribution in [3.8, 4) is 0 Å². The maximum Gasteiger partial charge on any atom is 0.328 e. The van der Waals surface area contributed by atoms with Crippen LogP contribution in [0.15, 0.2) is 0 Å². The number of hydrazine groups is 1. The second-order valence-electron chi connectivity index (χ2n) is 3.57. The molecule has 0 heterocycles. The standard InChI is InChI=1S/C8H17N3O2/c1-13-5-4-8(2-3-8)6-10-7(12)11-9/h2-6,9H2,1H3,(H2,10,11,12). The monoisotopic (exact) mass is 187 g/mol. The minimum atomic E-state index is -0.316. The van der Waals surface area contributed by atoms with Gasteiger partial charge in [0.2, 0.25) is 0 Å². The Kier molecular flexibility index (Phi) is 3.50. The zero-order chi connectivity index (χ0) is 9.73. The van der Waals surface area contributed by atoms with Crippen molar-refractivity contribution in [3.05, 3.63) is 0 Å². The fourth-order valence-electron chi connectivity index (χ4n) is 1.33. The highest BCUT2D eigenvalue weighted by Crippen LogP contribution is 2.48. The quantitative estimate of drug-likeness (QED) is 0.321. The number of hydrogen-bond donors (Lipinski definition) is 3. The van der Waals surface area contributed by atoms with Crippen LogP contribution in [0.5, 0.6) is 0 Å². The Morgan fingerprint density at radius 2 is 2.31 bits per heavy atom. The summed E-state index contributed by atoms with van der Waals surface area (Å²) in [6, 6.07) is -0.316. The van der Waals surface area contributed by atoms with Crippen LogP contribution in [0.4, 0.5) is 4.79 Å². The summed E-state index contributed by atoms with van der Waals surface area (Å²) in [7, 11) is 1.69. The summed E-state index contributed by atoms with van der Waals surface area (Å²) < 4.78 is 5.00. The van der Waals surface area contributed by atoms with Crippen LogP contribution in [0.2, 0.25) is 0 Å². The molecule has 1 fully saturated rings. The van der Waals surface area contributed by atoms with E-state index in [2.05, 4.69) is 5.32 Å². The van der Waals surface area contributed by atoms with Gasteiger partial charge >= 0.3 is 6.03 Å². The Bertz CT molecular complexity index is 180. The molecule has 4 N–H and O–H groups in total. The number of ether oxygens (including phenoxy) is 1. The van der Waals surface area contributed by atoms with Gasteiger partial charge in [-0.25, -0.2) is 10.6 Å². The van der Waals surface area contributed by atoms with Crippen LogP contribution in [0.3, 0.4) is 0 Å². The van der Waals surface area contributed by atoms with Crippen molar-refractivity contribution < 1.29 is 9.53 Å². The van der Waals surface area contributed by atoms with Gasteiger partial charge in [-0.3, -0.25) is 5.43 Å². The molecule has 1 aliphatic carbocycles. The largest absolute Gasteiger partial charge is 0.385 e. The number of hydrogen-bond acceptors (Lipinski definition) is 3. The van der Waals surface area contributed by atoms with E-state index in [-0.39, 0.29) is 11.4 Å². The molecule has 0 bridgehead atoms. The van der Waals surface area contributed by atoms with Crippen LogP contribution in [0.1, 0.15) is 19.3 Å². The van der Waals surface area contributed by atoms with E-state index < -0.39 is 0 Å². The molecule has 76 valence electrons. The van der Waals surface area contributed by atoms with Gasteiger partial charge in [0.05, 0.1) is 0 Å². The van der Waals surface area contributed by atoms with Crippen LogP contribution in [0, 0.1) is 5.41 Å². The third-order valence-electron chi connectivity index (χ3n) is 2.55. The van der Waals surface area contributed by atoms with E-state index in [4.69, 9.17) is 10.6 Å². The van der Waals surface area contributed by atoms with E-state index in [1.165, 1.54) is 12.8 Å². The molecule has 0 atom stereocenters. The van der Waals surface area contributed by atoms with E-state index in [1.54, 1.807) is 7.11 Å². The molecule has 13 heavy (non-hydrogen) atoms. The van der Waals surface area contributed by atoms with E-state index in [0.717, 1.165) is 13.0 Å². The van der Waals surface area contributed by atoms with Gasteiger partial charge in [0.1, 0.15) is 0 Å². The van der Waals surface area contributed by atoms with Crippen molar-refractivity contribution in [2.45, 2.75) is 19.3 Å².